The number of ether oxygens (including phenoxy) is 1. The van der Waals surface area contributed by atoms with Crippen molar-refractivity contribution in [2.75, 3.05) is 6.61 Å². The van der Waals surface area contributed by atoms with Gasteiger partial charge >= 0.3 is 6.09 Å². The Morgan fingerprint density at radius 2 is 2.08 bits per heavy atom. The van der Waals surface area contributed by atoms with Crippen molar-refractivity contribution in [3.8, 4) is 0 Å². The molecule has 0 bridgehead atoms. The minimum atomic E-state index is -0.675. The average Bonchev–Trinajstić information content (AvgIpc) is 1.99. The van der Waals surface area contributed by atoms with Gasteiger partial charge in [0, 0.05) is 0 Å². The van der Waals surface area contributed by atoms with E-state index in [0.717, 1.165) is 25.3 Å². The number of carbonyl (C=O) groups excluding carboxylic acids is 2. The summed E-state index contributed by atoms with van der Waals surface area (Å²) >= 11 is 0. The summed E-state index contributed by atoms with van der Waals surface area (Å²) in [5.41, 5.74) is 4.71. The summed E-state index contributed by atoms with van der Waals surface area (Å²) in [6.45, 7) is 2.55. The lowest BCUT2D eigenvalue weighted by atomic mass is 10.3. The summed E-state index contributed by atoms with van der Waals surface area (Å²) in [6.07, 6.45) is 3.21. The molecule has 0 aromatic rings. The van der Waals surface area contributed by atoms with E-state index in [1.165, 1.54) is 0 Å². The molecule has 70 valence electrons. The van der Waals surface area contributed by atoms with Gasteiger partial charge in [0.25, 0.3) is 0 Å². The van der Waals surface area contributed by atoms with E-state index < -0.39 is 6.09 Å². The average molecular weight is 174 g/mol. The lowest BCUT2D eigenvalue weighted by molar-refractivity contribution is 0.154. The number of unbranched alkanes of at least 4 members (excludes halogenated alkanes) is 2. The fourth-order valence-corrected chi connectivity index (χ4v) is 0.525. The van der Waals surface area contributed by atoms with Crippen LogP contribution in [-0.4, -0.2) is 18.8 Å². The van der Waals surface area contributed by atoms with Crippen molar-refractivity contribution in [3.05, 3.63) is 0 Å². The van der Waals surface area contributed by atoms with Gasteiger partial charge in [0.2, 0.25) is 6.08 Å². The van der Waals surface area contributed by atoms with Gasteiger partial charge in [-0.25, -0.2) is 15.0 Å². The van der Waals surface area contributed by atoms with Gasteiger partial charge in [-0.2, -0.15) is 0 Å². The van der Waals surface area contributed by atoms with Crippen LogP contribution in [0.2, 0.25) is 0 Å². The fourth-order valence-electron chi connectivity index (χ4n) is 0.525. The molecular formula is C7H14N2O3. The van der Waals surface area contributed by atoms with Crippen LogP contribution in [0.3, 0.4) is 0 Å². The van der Waals surface area contributed by atoms with Crippen LogP contribution in [0.15, 0.2) is 0 Å². The summed E-state index contributed by atoms with van der Waals surface area (Å²) in [5.74, 6) is 0. The van der Waals surface area contributed by atoms with Crippen LogP contribution in [0, 0.1) is 5.41 Å². The highest BCUT2D eigenvalue weighted by Gasteiger charge is 1.90. The number of hydrogen-bond donors (Lipinski definition) is 2. The molecule has 0 aromatic heterocycles. The Morgan fingerprint density at radius 3 is 2.42 bits per heavy atom. The zero-order valence-electron chi connectivity index (χ0n) is 7.13. The van der Waals surface area contributed by atoms with Gasteiger partial charge in [-0.3, -0.25) is 0 Å². The number of hydrogen-bond acceptors (Lipinski definition) is 4. The van der Waals surface area contributed by atoms with Gasteiger partial charge in [-0.05, 0) is 6.42 Å². The smallest absolute Gasteiger partial charge is 0.404 e. The first kappa shape index (κ1) is 13.3. The second-order valence-corrected chi connectivity index (χ2v) is 1.98. The third-order valence-corrected chi connectivity index (χ3v) is 0.992. The van der Waals surface area contributed by atoms with Crippen LogP contribution in [-0.2, 0) is 9.53 Å². The van der Waals surface area contributed by atoms with Gasteiger partial charge in [0.15, 0.2) is 0 Å². The van der Waals surface area contributed by atoms with Gasteiger partial charge in [-0.15, -0.1) is 0 Å². The first-order valence-corrected chi connectivity index (χ1v) is 3.65. The molecule has 0 saturated heterocycles. The quantitative estimate of drug-likeness (QED) is 0.380. The zero-order valence-corrected chi connectivity index (χ0v) is 7.13. The summed E-state index contributed by atoms with van der Waals surface area (Å²) < 4.78 is 4.48. The summed E-state index contributed by atoms with van der Waals surface area (Å²) in [7, 11) is 0. The molecule has 0 heterocycles. The molecule has 0 fully saturated rings. The van der Waals surface area contributed by atoms with Crippen LogP contribution in [0.4, 0.5) is 4.79 Å². The molecule has 3 N–H and O–H groups in total. The van der Waals surface area contributed by atoms with Crippen LogP contribution in [0.1, 0.15) is 26.2 Å². The summed E-state index contributed by atoms with van der Waals surface area (Å²) in [6, 6.07) is 0. The van der Waals surface area contributed by atoms with Crippen molar-refractivity contribution >= 4 is 12.2 Å². The second-order valence-electron chi connectivity index (χ2n) is 1.98. The lowest BCUT2D eigenvalue weighted by Crippen LogP contribution is -2.13. The lowest BCUT2D eigenvalue weighted by Gasteiger charge is -1.97. The summed E-state index contributed by atoms with van der Waals surface area (Å²) in [5, 5.41) is 5.40. The Labute approximate surface area is 71.4 Å². The molecule has 1 amide bonds. The molecule has 0 aliphatic carbocycles. The van der Waals surface area contributed by atoms with E-state index >= 15 is 0 Å². The number of rotatable bonds is 4. The molecule has 5 heteroatoms. The van der Waals surface area contributed by atoms with Gasteiger partial charge in [0.1, 0.15) is 0 Å². The van der Waals surface area contributed by atoms with Crippen LogP contribution in [0.25, 0.3) is 0 Å². The SMILES string of the molecule is CCCCCOC(N)=O.N=C=O. The first-order valence-electron chi connectivity index (χ1n) is 3.65. The maximum atomic E-state index is 9.96. The van der Waals surface area contributed by atoms with Crippen molar-refractivity contribution < 1.29 is 14.3 Å². The molecule has 0 aliphatic heterocycles. The predicted molar refractivity (Wildman–Crippen MR) is 43.5 cm³/mol. The zero-order chi connectivity index (χ0) is 9.82. The normalized spacial score (nSPS) is 7.42. The third-order valence-electron chi connectivity index (χ3n) is 0.992. The molecule has 0 spiro atoms. The van der Waals surface area contributed by atoms with Gasteiger partial charge < -0.3 is 10.5 Å². The van der Waals surface area contributed by atoms with E-state index in [1.807, 2.05) is 0 Å². The molecule has 0 aromatic carbocycles. The second kappa shape index (κ2) is 12.3. The Kier molecular flexibility index (Phi) is 13.6. The minimum absolute atomic E-state index is 0.461. The van der Waals surface area contributed by atoms with Crippen molar-refractivity contribution in [2.45, 2.75) is 26.2 Å². The van der Waals surface area contributed by atoms with Crippen molar-refractivity contribution in [1.29, 1.82) is 5.41 Å². The van der Waals surface area contributed by atoms with E-state index in [2.05, 4.69) is 11.7 Å². The standard InChI is InChI=1S/C6H13NO2.CHNO/c1-2-3-4-5-9-6(7)8;2-1-3/h2-5H2,1H3,(H2,7,8);2H. The number of isocyanates is 1. The summed E-state index contributed by atoms with van der Waals surface area (Å²) in [4.78, 5) is 18.3. The number of nitrogens with one attached hydrogen (secondary N) is 1. The molecule has 0 rings (SSSR count). The Morgan fingerprint density at radius 1 is 1.58 bits per heavy atom. The predicted octanol–water partition coefficient (Wildman–Crippen LogP) is 1.17. The Balaban J connectivity index is 0. The molecule has 0 radical (unpaired) electrons. The molecule has 12 heavy (non-hydrogen) atoms. The van der Waals surface area contributed by atoms with Gasteiger partial charge in [0.05, 0.1) is 6.61 Å². The highest BCUT2D eigenvalue weighted by Crippen LogP contribution is 1.93. The molecular weight excluding hydrogens is 160 g/mol. The number of carbonyl (C=O) groups is 1. The topological polar surface area (TPSA) is 93.2 Å². The largest absolute Gasteiger partial charge is 0.450 e. The van der Waals surface area contributed by atoms with Crippen LogP contribution < -0.4 is 5.73 Å². The Hall–Kier alpha value is -1.35. The van der Waals surface area contributed by atoms with E-state index in [0.29, 0.717) is 6.61 Å². The van der Waals surface area contributed by atoms with Crippen molar-refractivity contribution in [1.82, 2.24) is 0 Å². The third kappa shape index (κ3) is 23.4. The van der Waals surface area contributed by atoms with Crippen molar-refractivity contribution in [3.63, 3.8) is 0 Å². The van der Waals surface area contributed by atoms with E-state index in [4.69, 9.17) is 15.9 Å². The van der Waals surface area contributed by atoms with Gasteiger partial charge in [-0.1, -0.05) is 19.8 Å². The van der Waals surface area contributed by atoms with Crippen LogP contribution >= 0.6 is 0 Å². The van der Waals surface area contributed by atoms with E-state index in [9.17, 15) is 4.79 Å². The van der Waals surface area contributed by atoms with E-state index in [1.54, 1.807) is 0 Å². The van der Waals surface area contributed by atoms with E-state index in [-0.39, 0.29) is 0 Å². The van der Waals surface area contributed by atoms with Crippen LogP contribution in [0.5, 0.6) is 0 Å². The first-order chi connectivity index (χ1) is 5.68. The molecule has 0 unspecified atom stereocenters. The molecule has 0 saturated carbocycles. The molecule has 0 atom stereocenters. The molecule has 5 nitrogen and oxygen atoms in total. The highest BCUT2D eigenvalue weighted by atomic mass is 16.5. The highest BCUT2D eigenvalue weighted by molar-refractivity contribution is 5.64. The maximum Gasteiger partial charge on any atom is 0.404 e. The number of amides is 1. The fraction of sp³-hybridized carbons (Fsp3) is 0.714. The van der Waals surface area contributed by atoms with Crippen molar-refractivity contribution in [2.24, 2.45) is 5.73 Å². The maximum absolute atomic E-state index is 9.96. The Bertz CT molecular complexity index is 142. The minimum Gasteiger partial charge on any atom is -0.450 e. The monoisotopic (exact) mass is 174 g/mol. The number of primary amides is 1. The number of nitrogens with two attached hydrogens (primary N) is 1. The molecule has 0 aliphatic rings.